The standard InChI is InChI=1S/C9H6O2.C5H10O4S/c10-8-5-6-11-9-4-2-1-3-7(8)9;6-1-2-3(7)4(8)5(10)9-2/h1-6H;2-8,10H,1H2/t;2-,3+,4-,5+/m.1/s1. The fourth-order valence-corrected chi connectivity index (χ4v) is 2.24. The quantitative estimate of drug-likeness (QED) is 0.559. The number of thiol groups is 1. The molecule has 1 fully saturated rings. The van der Waals surface area contributed by atoms with E-state index in [-0.39, 0.29) is 12.0 Å². The van der Waals surface area contributed by atoms with Crippen LogP contribution in [0.5, 0.6) is 0 Å². The molecule has 6 nitrogen and oxygen atoms in total. The van der Waals surface area contributed by atoms with Gasteiger partial charge in [-0.05, 0) is 12.1 Å². The molecule has 2 heterocycles. The second kappa shape index (κ2) is 7.06. The SMILES string of the molecule is O=c1ccoc2ccccc12.OC[C@H]1O[C@@H](S)[C@H](O)[C@H]1O. The molecule has 7 heteroatoms. The minimum absolute atomic E-state index is 0.00634. The van der Waals surface area contributed by atoms with Gasteiger partial charge in [0, 0.05) is 6.07 Å². The number of ether oxygens (including phenoxy) is 1. The van der Waals surface area contributed by atoms with Crippen molar-refractivity contribution in [1.29, 1.82) is 0 Å². The first-order valence-electron chi connectivity index (χ1n) is 6.31. The minimum Gasteiger partial charge on any atom is -0.464 e. The highest BCUT2D eigenvalue weighted by Gasteiger charge is 2.40. The van der Waals surface area contributed by atoms with E-state index in [9.17, 15) is 4.79 Å². The Morgan fingerprint density at radius 3 is 2.38 bits per heavy atom. The van der Waals surface area contributed by atoms with E-state index < -0.39 is 23.7 Å². The first-order chi connectivity index (χ1) is 10.0. The summed E-state index contributed by atoms with van der Waals surface area (Å²) in [5.74, 6) is 0. The third-order valence-corrected chi connectivity index (χ3v) is 3.51. The highest BCUT2D eigenvalue weighted by Crippen LogP contribution is 2.22. The highest BCUT2D eigenvalue weighted by atomic mass is 32.1. The van der Waals surface area contributed by atoms with Gasteiger partial charge in [0.1, 0.15) is 29.3 Å². The lowest BCUT2D eigenvalue weighted by atomic mass is 10.2. The first kappa shape index (κ1) is 16.0. The average molecular weight is 312 g/mol. The van der Waals surface area contributed by atoms with E-state index in [4.69, 9.17) is 24.5 Å². The topological polar surface area (TPSA) is 100 Å². The number of para-hydroxylation sites is 1. The zero-order chi connectivity index (χ0) is 15.4. The molecular formula is C14H16O6S. The summed E-state index contributed by atoms with van der Waals surface area (Å²) < 4.78 is 9.94. The van der Waals surface area contributed by atoms with Gasteiger partial charge in [-0.2, -0.15) is 0 Å². The van der Waals surface area contributed by atoms with Crippen molar-refractivity contribution in [2.75, 3.05) is 6.61 Å². The van der Waals surface area contributed by atoms with Crippen molar-refractivity contribution in [1.82, 2.24) is 0 Å². The summed E-state index contributed by atoms with van der Waals surface area (Å²) in [4.78, 5) is 11.1. The predicted octanol–water partition coefficient (Wildman–Crippen LogP) is 0.148. The van der Waals surface area contributed by atoms with Gasteiger partial charge in [0.2, 0.25) is 0 Å². The smallest absolute Gasteiger partial charge is 0.192 e. The van der Waals surface area contributed by atoms with Crippen molar-refractivity contribution in [2.24, 2.45) is 0 Å². The lowest BCUT2D eigenvalue weighted by molar-refractivity contribution is -0.00794. The third-order valence-electron chi connectivity index (χ3n) is 3.08. The summed E-state index contributed by atoms with van der Waals surface area (Å²) in [7, 11) is 0. The van der Waals surface area contributed by atoms with Gasteiger partial charge in [-0.1, -0.05) is 12.1 Å². The molecule has 3 N–H and O–H groups in total. The molecule has 0 spiro atoms. The maximum absolute atomic E-state index is 11.1. The molecule has 1 aromatic carbocycles. The fraction of sp³-hybridized carbons (Fsp3) is 0.357. The molecule has 2 aromatic rings. The van der Waals surface area contributed by atoms with Crippen molar-refractivity contribution in [2.45, 2.75) is 23.7 Å². The normalized spacial score (nSPS) is 28.2. The van der Waals surface area contributed by atoms with Gasteiger partial charge >= 0.3 is 0 Å². The van der Waals surface area contributed by atoms with Gasteiger partial charge in [0.25, 0.3) is 0 Å². The summed E-state index contributed by atoms with van der Waals surface area (Å²) in [6.45, 7) is -0.296. The van der Waals surface area contributed by atoms with Crippen LogP contribution in [0.15, 0.2) is 45.8 Å². The molecule has 3 rings (SSSR count). The summed E-state index contributed by atoms with van der Waals surface area (Å²) in [5, 5.41) is 27.2. The maximum Gasteiger partial charge on any atom is 0.192 e. The number of hydrogen-bond acceptors (Lipinski definition) is 7. The van der Waals surface area contributed by atoms with E-state index in [1.165, 1.54) is 12.3 Å². The van der Waals surface area contributed by atoms with Crippen LogP contribution < -0.4 is 5.43 Å². The second-order valence-electron chi connectivity index (χ2n) is 4.51. The lowest BCUT2D eigenvalue weighted by Gasteiger charge is -2.09. The summed E-state index contributed by atoms with van der Waals surface area (Å²) in [5.41, 5.74) is -0.0426. The molecule has 0 saturated carbocycles. The Kier molecular flexibility index (Phi) is 5.38. The van der Waals surface area contributed by atoms with E-state index in [2.05, 4.69) is 12.6 Å². The highest BCUT2D eigenvalue weighted by molar-refractivity contribution is 7.80. The maximum atomic E-state index is 11.1. The molecule has 1 aromatic heterocycles. The van der Waals surface area contributed by atoms with E-state index in [1.54, 1.807) is 12.1 Å². The van der Waals surface area contributed by atoms with Gasteiger partial charge in [0.15, 0.2) is 5.43 Å². The largest absolute Gasteiger partial charge is 0.464 e. The Balaban J connectivity index is 0.000000155. The molecule has 114 valence electrons. The molecule has 21 heavy (non-hydrogen) atoms. The minimum atomic E-state index is -1.02. The van der Waals surface area contributed by atoms with Gasteiger partial charge in [-0.25, -0.2) is 0 Å². The molecule has 0 amide bonds. The van der Waals surface area contributed by atoms with Gasteiger partial charge < -0.3 is 24.5 Å². The number of rotatable bonds is 1. The van der Waals surface area contributed by atoms with Crippen LogP contribution >= 0.6 is 12.6 Å². The molecule has 4 atom stereocenters. The number of benzene rings is 1. The van der Waals surface area contributed by atoms with Gasteiger partial charge in [-0.3, -0.25) is 4.79 Å². The Labute approximate surface area is 126 Å². The van der Waals surface area contributed by atoms with Crippen LogP contribution in [-0.2, 0) is 4.74 Å². The van der Waals surface area contributed by atoms with Crippen molar-refractivity contribution >= 4 is 23.6 Å². The van der Waals surface area contributed by atoms with E-state index in [0.29, 0.717) is 11.0 Å². The van der Waals surface area contributed by atoms with E-state index in [0.717, 1.165) is 0 Å². The van der Waals surface area contributed by atoms with Crippen LogP contribution in [-0.4, -0.2) is 45.7 Å². The molecular weight excluding hydrogens is 296 g/mol. The van der Waals surface area contributed by atoms with Crippen LogP contribution in [0.25, 0.3) is 11.0 Å². The Morgan fingerprint density at radius 1 is 1.14 bits per heavy atom. The molecule has 0 bridgehead atoms. The van der Waals surface area contributed by atoms with E-state index >= 15 is 0 Å². The molecule has 0 unspecified atom stereocenters. The second-order valence-corrected chi connectivity index (χ2v) is 5.02. The van der Waals surface area contributed by atoms with Crippen molar-refractivity contribution in [3.05, 3.63) is 46.8 Å². The number of aliphatic hydroxyl groups excluding tert-OH is 3. The van der Waals surface area contributed by atoms with Crippen molar-refractivity contribution in [3.8, 4) is 0 Å². The summed E-state index contributed by atoms with van der Waals surface area (Å²) >= 11 is 3.82. The molecule has 1 aliphatic rings. The Morgan fingerprint density at radius 2 is 1.86 bits per heavy atom. The van der Waals surface area contributed by atoms with Gasteiger partial charge in [-0.15, -0.1) is 12.6 Å². The van der Waals surface area contributed by atoms with Crippen LogP contribution in [0.4, 0.5) is 0 Å². The molecule has 1 saturated heterocycles. The monoisotopic (exact) mass is 312 g/mol. The molecule has 0 aliphatic carbocycles. The zero-order valence-electron chi connectivity index (χ0n) is 11.0. The zero-order valence-corrected chi connectivity index (χ0v) is 11.9. The fourth-order valence-electron chi connectivity index (χ4n) is 1.91. The van der Waals surface area contributed by atoms with Crippen LogP contribution in [0.1, 0.15) is 0 Å². The van der Waals surface area contributed by atoms with Crippen molar-refractivity contribution in [3.63, 3.8) is 0 Å². The molecule has 1 aliphatic heterocycles. The Hall–Kier alpha value is -1.38. The third kappa shape index (κ3) is 3.63. The van der Waals surface area contributed by atoms with E-state index in [1.807, 2.05) is 12.1 Å². The van der Waals surface area contributed by atoms with Crippen LogP contribution in [0, 0.1) is 0 Å². The van der Waals surface area contributed by atoms with Crippen LogP contribution in [0.2, 0.25) is 0 Å². The van der Waals surface area contributed by atoms with Gasteiger partial charge in [0.05, 0.1) is 18.3 Å². The number of fused-ring (bicyclic) bond motifs is 1. The predicted molar refractivity (Wildman–Crippen MR) is 79.2 cm³/mol. The lowest BCUT2D eigenvalue weighted by Crippen LogP contribution is -2.32. The average Bonchev–Trinajstić information content (AvgIpc) is 2.75. The number of aliphatic hydroxyl groups is 3. The summed E-state index contributed by atoms with van der Waals surface area (Å²) in [6.07, 6.45) is -1.31. The number of hydrogen-bond donors (Lipinski definition) is 4. The molecule has 0 radical (unpaired) electrons. The summed E-state index contributed by atoms with van der Waals surface area (Å²) in [6, 6.07) is 8.60. The van der Waals surface area contributed by atoms with Crippen LogP contribution in [0.3, 0.4) is 0 Å². The Bertz CT molecular complexity index is 637. The van der Waals surface area contributed by atoms with Crippen molar-refractivity contribution < 1.29 is 24.5 Å². The first-order valence-corrected chi connectivity index (χ1v) is 6.83.